The average molecular weight is 500 g/mol. The summed E-state index contributed by atoms with van der Waals surface area (Å²) in [7, 11) is 1.68. The zero-order chi connectivity index (χ0) is 25.8. The number of fused-ring (bicyclic) bond motifs is 1. The van der Waals surface area contributed by atoms with E-state index in [2.05, 4.69) is 22.2 Å². The number of aryl methyl sites for hydroxylation is 2. The van der Waals surface area contributed by atoms with Gasteiger partial charge in [0.1, 0.15) is 23.9 Å². The number of carbonyl (C=O) groups is 1. The quantitative estimate of drug-likeness (QED) is 0.339. The summed E-state index contributed by atoms with van der Waals surface area (Å²) in [6.45, 7) is 8.13. The Hall–Kier alpha value is -3.84. The molecule has 1 aliphatic rings. The molecule has 3 aromatic carbocycles. The molecule has 5 rings (SSSR count). The summed E-state index contributed by atoms with van der Waals surface area (Å²) in [4.78, 5) is 18.1. The van der Waals surface area contributed by atoms with Crippen LogP contribution in [0.2, 0.25) is 0 Å². The van der Waals surface area contributed by atoms with Crippen LogP contribution in [-0.2, 0) is 13.0 Å². The molecule has 1 fully saturated rings. The Morgan fingerprint density at radius 3 is 2.32 bits per heavy atom. The molecule has 0 saturated carbocycles. The van der Waals surface area contributed by atoms with Crippen LogP contribution < -0.4 is 9.47 Å². The molecule has 1 amide bonds. The monoisotopic (exact) mass is 499 g/mol. The van der Waals surface area contributed by atoms with Crippen LogP contribution in [0.25, 0.3) is 10.8 Å². The highest BCUT2D eigenvalue weighted by atomic mass is 16.5. The average Bonchev–Trinajstić information content (AvgIpc) is 3.26. The van der Waals surface area contributed by atoms with Crippen LogP contribution in [0.1, 0.15) is 32.9 Å². The molecule has 7 heteroatoms. The lowest BCUT2D eigenvalue weighted by molar-refractivity contribution is 0.0634. The molecule has 0 N–H and O–H groups in total. The molecule has 4 aromatic rings. The standard InChI is InChI=1S/C30H33N3O4/c1-21-28(22(2)37-31-21)20-36-29-19-25-7-5-4-6-24(25)18-27(29)30(34)33-16-14-32(15-17-33)13-12-23-8-10-26(35-3)11-9-23/h4-11,18-19H,12-17,20H2,1-3H3. The number of benzene rings is 3. The fourth-order valence-corrected chi connectivity index (χ4v) is 4.79. The fourth-order valence-electron chi connectivity index (χ4n) is 4.79. The molecular formula is C30H33N3O4. The number of methoxy groups -OCH3 is 1. The van der Waals surface area contributed by atoms with Gasteiger partial charge in [-0.05, 0) is 60.9 Å². The Bertz CT molecular complexity index is 1350. The first-order chi connectivity index (χ1) is 18.0. The highest BCUT2D eigenvalue weighted by Gasteiger charge is 2.25. The first-order valence-electron chi connectivity index (χ1n) is 12.7. The molecule has 192 valence electrons. The van der Waals surface area contributed by atoms with Gasteiger partial charge in [-0.3, -0.25) is 9.69 Å². The zero-order valence-corrected chi connectivity index (χ0v) is 21.7. The van der Waals surface area contributed by atoms with E-state index in [1.807, 2.05) is 67.3 Å². The maximum absolute atomic E-state index is 13.7. The predicted octanol–water partition coefficient (Wildman–Crippen LogP) is 5.03. The predicted molar refractivity (Wildman–Crippen MR) is 143 cm³/mol. The molecule has 1 aromatic heterocycles. The summed E-state index contributed by atoms with van der Waals surface area (Å²) >= 11 is 0. The molecule has 37 heavy (non-hydrogen) atoms. The van der Waals surface area contributed by atoms with Crippen molar-refractivity contribution in [3.05, 3.63) is 88.8 Å². The minimum Gasteiger partial charge on any atom is -0.497 e. The minimum atomic E-state index is 0.00863. The number of amides is 1. The lowest BCUT2D eigenvalue weighted by Gasteiger charge is -2.35. The van der Waals surface area contributed by atoms with Gasteiger partial charge in [-0.2, -0.15) is 0 Å². The van der Waals surface area contributed by atoms with Gasteiger partial charge in [-0.15, -0.1) is 0 Å². The molecule has 1 saturated heterocycles. The Morgan fingerprint density at radius 1 is 0.973 bits per heavy atom. The zero-order valence-electron chi connectivity index (χ0n) is 21.7. The van der Waals surface area contributed by atoms with Crippen molar-refractivity contribution in [3.8, 4) is 11.5 Å². The SMILES string of the molecule is COc1ccc(CCN2CCN(C(=O)c3cc4ccccc4cc3OCc3c(C)noc3C)CC2)cc1. The number of carbonyl (C=O) groups excluding carboxylic acids is 1. The fraction of sp³-hybridized carbons (Fsp3) is 0.333. The van der Waals surface area contributed by atoms with Gasteiger partial charge in [-0.1, -0.05) is 41.6 Å². The van der Waals surface area contributed by atoms with Crippen LogP contribution in [0.15, 0.2) is 65.2 Å². The summed E-state index contributed by atoms with van der Waals surface area (Å²) in [5.41, 5.74) is 3.60. The third kappa shape index (κ3) is 5.62. The summed E-state index contributed by atoms with van der Waals surface area (Å²) in [5, 5.41) is 6.08. The Labute approximate surface area is 217 Å². The van der Waals surface area contributed by atoms with Crippen molar-refractivity contribution in [2.24, 2.45) is 0 Å². The van der Waals surface area contributed by atoms with Gasteiger partial charge in [0.25, 0.3) is 5.91 Å². The van der Waals surface area contributed by atoms with Crippen LogP contribution >= 0.6 is 0 Å². The van der Waals surface area contributed by atoms with E-state index in [0.717, 1.165) is 59.6 Å². The second-order valence-corrected chi connectivity index (χ2v) is 9.52. The van der Waals surface area contributed by atoms with Crippen molar-refractivity contribution in [3.63, 3.8) is 0 Å². The van der Waals surface area contributed by atoms with E-state index in [9.17, 15) is 4.79 Å². The van der Waals surface area contributed by atoms with Crippen LogP contribution in [-0.4, -0.2) is 60.7 Å². The van der Waals surface area contributed by atoms with Gasteiger partial charge in [0.15, 0.2) is 0 Å². The largest absolute Gasteiger partial charge is 0.497 e. The summed E-state index contributed by atoms with van der Waals surface area (Å²) in [6, 6.07) is 20.2. The molecular weight excluding hydrogens is 466 g/mol. The van der Waals surface area contributed by atoms with E-state index in [4.69, 9.17) is 14.0 Å². The lowest BCUT2D eigenvalue weighted by Crippen LogP contribution is -2.49. The first kappa shape index (κ1) is 24.8. The topological polar surface area (TPSA) is 68.0 Å². The van der Waals surface area contributed by atoms with Crippen LogP contribution in [0, 0.1) is 13.8 Å². The Balaban J connectivity index is 1.26. The van der Waals surface area contributed by atoms with Gasteiger partial charge < -0.3 is 18.9 Å². The van der Waals surface area contributed by atoms with Crippen molar-refractivity contribution >= 4 is 16.7 Å². The molecule has 2 heterocycles. The summed E-state index contributed by atoms with van der Waals surface area (Å²) in [5.74, 6) is 2.21. The Morgan fingerprint density at radius 2 is 1.68 bits per heavy atom. The van der Waals surface area contributed by atoms with E-state index in [1.54, 1.807) is 7.11 Å². The van der Waals surface area contributed by atoms with Gasteiger partial charge in [0.05, 0.1) is 23.9 Å². The van der Waals surface area contributed by atoms with Gasteiger partial charge >= 0.3 is 0 Å². The normalized spacial score (nSPS) is 14.2. The van der Waals surface area contributed by atoms with E-state index in [0.29, 0.717) is 31.0 Å². The highest BCUT2D eigenvalue weighted by molar-refractivity contribution is 6.01. The number of hydrogen-bond acceptors (Lipinski definition) is 6. The number of nitrogens with zero attached hydrogens (tertiary/aromatic N) is 3. The van der Waals surface area contributed by atoms with Gasteiger partial charge in [0, 0.05) is 32.7 Å². The maximum Gasteiger partial charge on any atom is 0.257 e. The molecule has 7 nitrogen and oxygen atoms in total. The first-order valence-corrected chi connectivity index (χ1v) is 12.7. The molecule has 1 aliphatic heterocycles. The second-order valence-electron chi connectivity index (χ2n) is 9.52. The Kier molecular flexibility index (Phi) is 7.42. The van der Waals surface area contributed by atoms with E-state index in [-0.39, 0.29) is 5.91 Å². The number of aromatic nitrogens is 1. The molecule has 0 spiro atoms. The van der Waals surface area contributed by atoms with Gasteiger partial charge in [-0.25, -0.2) is 0 Å². The van der Waals surface area contributed by atoms with Crippen molar-refractivity contribution in [2.75, 3.05) is 39.8 Å². The van der Waals surface area contributed by atoms with Crippen molar-refractivity contribution < 1.29 is 18.8 Å². The minimum absolute atomic E-state index is 0.00863. The highest BCUT2D eigenvalue weighted by Crippen LogP contribution is 2.29. The van der Waals surface area contributed by atoms with Crippen LogP contribution in [0.4, 0.5) is 0 Å². The second kappa shape index (κ2) is 11.0. The summed E-state index contributed by atoms with van der Waals surface area (Å²) in [6.07, 6.45) is 0.975. The number of ether oxygens (including phenoxy) is 2. The van der Waals surface area contributed by atoms with Crippen molar-refractivity contribution in [1.82, 2.24) is 15.0 Å². The van der Waals surface area contributed by atoms with Crippen molar-refractivity contribution in [1.29, 1.82) is 0 Å². The lowest BCUT2D eigenvalue weighted by atomic mass is 10.0. The van der Waals surface area contributed by atoms with Crippen LogP contribution in [0.3, 0.4) is 0 Å². The third-order valence-corrected chi connectivity index (χ3v) is 7.17. The van der Waals surface area contributed by atoms with Crippen molar-refractivity contribution in [2.45, 2.75) is 26.9 Å². The summed E-state index contributed by atoms with van der Waals surface area (Å²) < 4.78 is 16.7. The molecule has 0 aliphatic carbocycles. The van der Waals surface area contributed by atoms with E-state index in [1.165, 1.54) is 5.56 Å². The smallest absolute Gasteiger partial charge is 0.257 e. The van der Waals surface area contributed by atoms with E-state index < -0.39 is 0 Å². The molecule has 0 bridgehead atoms. The molecule has 0 unspecified atom stereocenters. The third-order valence-electron chi connectivity index (χ3n) is 7.17. The molecule has 0 radical (unpaired) electrons. The molecule has 0 atom stereocenters. The maximum atomic E-state index is 13.7. The van der Waals surface area contributed by atoms with E-state index >= 15 is 0 Å². The number of piperazine rings is 1. The van der Waals surface area contributed by atoms with Gasteiger partial charge in [0.2, 0.25) is 0 Å². The van der Waals surface area contributed by atoms with Crippen LogP contribution in [0.5, 0.6) is 11.5 Å². The number of hydrogen-bond donors (Lipinski definition) is 0. The number of rotatable bonds is 8.